The maximum absolute atomic E-state index is 4.26. The Labute approximate surface area is 70.8 Å². The maximum atomic E-state index is 4.26. The molecule has 1 aliphatic heterocycles. The SMILES string of the molecule is Cc1cc([C@H]2CCCN2)sn1. The summed E-state index contributed by atoms with van der Waals surface area (Å²) < 4.78 is 4.26. The van der Waals surface area contributed by atoms with Crippen molar-refractivity contribution in [1.82, 2.24) is 9.69 Å². The van der Waals surface area contributed by atoms with Gasteiger partial charge < -0.3 is 5.32 Å². The first-order valence-electron chi connectivity index (χ1n) is 4.03. The summed E-state index contributed by atoms with van der Waals surface area (Å²) in [5, 5.41) is 3.46. The minimum absolute atomic E-state index is 0.598. The molecule has 1 aliphatic rings. The van der Waals surface area contributed by atoms with Gasteiger partial charge in [-0.3, -0.25) is 0 Å². The largest absolute Gasteiger partial charge is 0.309 e. The molecule has 2 heterocycles. The van der Waals surface area contributed by atoms with E-state index in [2.05, 4.69) is 22.7 Å². The number of aromatic nitrogens is 1. The molecule has 3 heteroatoms. The van der Waals surface area contributed by atoms with Crippen LogP contribution in [0.4, 0.5) is 0 Å². The number of hydrogen-bond donors (Lipinski definition) is 1. The molecule has 1 N–H and O–H groups in total. The zero-order valence-electron chi connectivity index (χ0n) is 6.63. The predicted octanol–water partition coefficient (Wildman–Crippen LogP) is 1.88. The molecule has 2 nitrogen and oxygen atoms in total. The van der Waals surface area contributed by atoms with Gasteiger partial charge in [0, 0.05) is 10.9 Å². The minimum atomic E-state index is 0.598. The van der Waals surface area contributed by atoms with Crippen LogP contribution in [0.1, 0.15) is 29.5 Å². The molecule has 0 amide bonds. The van der Waals surface area contributed by atoms with Gasteiger partial charge in [-0.05, 0) is 43.9 Å². The summed E-state index contributed by atoms with van der Waals surface area (Å²) in [5.74, 6) is 0. The average Bonchev–Trinajstić information content (AvgIpc) is 2.55. The highest BCUT2D eigenvalue weighted by Crippen LogP contribution is 2.26. The topological polar surface area (TPSA) is 24.9 Å². The van der Waals surface area contributed by atoms with E-state index in [0.717, 1.165) is 5.69 Å². The van der Waals surface area contributed by atoms with Crippen LogP contribution in [0.15, 0.2) is 6.07 Å². The molecule has 1 fully saturated rings. The van der Waals surface area contributed by atoms with Crippen molar-refractivity contribution in [2.24, 2.45) is 0 Å². The molecule has 1 atom stereocenters. The molecule has 11 heavy (non-hydrogen) atoms. The fraction of sp³-hybridized carbons (Fsp3) is 0.625. The molecule has 0 radical (unpaired) electrons. The van der Waals surface area contributed by atoms with Gasteiger partial charge in [-0.25, -0.2) is 0 Å². The van der Waals surface area contributed by atoms with E-state index in [1.54, 1.807) is 11.5 Å². The van der Waals surface area contributed by atoms with Crippen LogP contribution < -0.4 is 5.32 Å². The maximum Gasteiger partial charge on any atom is 0.0514 e. The fourth-order valence-corrected chi connectivity index (χ4v) is 2.33. The minimum Gasteiger partial charge on any atom is -0.309 e. The van der Waals surface area contributed by atoms with Crippen molar-refractivity contribution in [3.63, 3.8) is 0 Å². The van der Waals surface area contributed by atoms with Gasteiger partial charge in [0.15, 0.2) is 0 Å². The van der Waals surface area contributed by atoms with Crippen LogP contribution in [0.3, 0.4) is 0 Å². The van der Waals surface area contributed by atoms with E-state index >= 15 is 0 Å². The van der Waals surface area contributed by atoms with Gasteiger partial charge in [0.05, 0.1) is 5.69 Å². The molecule has 0 spiro atoms. The van der Waals surface area contributed by atoms with Crippen LogP contribution in [-0.4, -0.2) is 10.9 Å². The predicted molar refractivity (Wildman–Crippen MR) is 46.8 cm³/mol. The second kappa shape index (κ2) is 2.91. The Morgan fingerprint density at radius 1 is 1.73 bits per heavy atom. The van der Waals surface area contributed by atoms with Crippen LogP contribution in [0, 0.1) is 6.92 Å². The van der Waals surface area contributed by atoms with Gasteiger partial charge >= 0.3 is 0 Å². The van der Waals surface area contributed by atoms with E-state index in [0.29, 0.717) is 6.04 Å². The Hall–Kier alpha value is -0.410. The smallest absolute Gasteiger partial charge is 0.0514 e. The number of aryl methyl sites for hydroxylation is 1. The van der Waals surface area contributed by atoms with Gasteiger partial charge in [0.25, 0.3) is 0 Å². The molecule has 1 aromatic rings. The summed E-state index contributed by atoms with van der Waals surface area (Å²) in [5.41, 5.74) is 1.15. The van der Waals surface area contributed by atoms with Crippen molar-refractivity contribution >= 4 is 11.5 Å². The molecule has 0 unspecified atom stereocenters. The molecular weight excluding hydrogens is 156 g/mol. The molecule has 60 valence electrons. The van der Waals surface area contributed by atoms with E-state index in [-0.39, 0.29) is 0 Å². The van der Waals surface area contributed by atoms with E-state index < -0.39 is 0 Å². The first-order chi connectivity index (χ1) is 5.36. The van der Waals surface area contributed by atoms with Gasteiger partial charge in [0.2, 0.25) is 0 Å². The van der Waals surface area contributed by atoms with Crippen LogP contribution >= 0.6 is 11.5 Å². The Morgan fingerprint density at radius 3 is 3.18 bits per heavy atom. The van der Waals surface area contributed by atoms with Crippen molar-refractivity contribution in [2.45, 2.75) is 25.8 Å². The average molecular weight is 168 g/mol. The van der Waals surface area contributed by atoms with Crippen LogP contribution in [0.5, 0.6) is 0 Å². The zero-order chi connectivity index (χ0) is 7.68. The third-order valence-electron chi connectivity index (χ3n) is 2.05. The molecular formula is C8H12N2S. The molecule has 1 saturated heterocycles. The Bertz CT molecular complexity index is 238. The highest BCUT2D eigenvalue weighted by Gasteiger charge is 2.17. The Balaban J connectivity index is 2.15. The summed E-state index contributed by atoms with van der Waals surface area (Å²) in [4.78, 5) is 1.40. The molecule has 2 rings (SSSR count). The van der Waals surface area contributed by atoms with Gasteiger partial charge in [0.1, 0.15) is 0 Å². The summed E-state index contributed by atoms with van der Waals surface area (Å²) in [6, 6.07) is 2.79. The van der Waals surface area contributed by atoms with Crippen LogP contribution in [-0.2, 0) is 0 Å². The monoisotopic (exact) mass is 168 g/mol. The number of nitrogens with one attached hydrogen (secondary N) is 1. The normalized spacial score (nSPS) is 24.3. The molecule has 0 saturated carbocycles. The van der Waals surface area contributed by atoms with Crippen LogP contribution in [0.2, 0.25) is 0 Å². The lowest BCUT2D eigenvalue weighted by Gasteiger charge is -2.04. The third kappa shape index (κ3) is 1.44. The summed E-state index contributed by atoms with van der Waals surface area (Å²) in [7, 11) is 0. The second-order valence-electron chi connectivity index (χ2n) is 3.02. The van der Waals surface area contributed by atoms with Gasteiger partial charge in [-0.2, -0.15) is 4.37 Å². The van der Waals surface area contributed by atoms with Crippen LogP contribution in [0.25, 0.3) is 0 Å². The fourth-order valence-electron chi connectivity index (χ4n) is 1.47. The van der Waals surface area contributed by atoms with Gasteiger partial charge in [-0.15, -0.1) is 0 Å². The van der Waals surface area contributed by atoms with Crippen molar-refractivity contribution in [3.8, 4) is 0 Å². The van der Waals surface area contributed by atoms with Crippen molar-refractivity contribution in [2.75, 3.05) is 6.54 Å². The highest BCUT2D eigenvalue weighted by molar-refractivity contribution is 7.05. The lowest BCUT2D eigenvalue weighted by molar-refractivity contribution is 0.659. The first kappa shape index (κ1) is 7.25. The summed E-state index contributed by atoms with van der Waals surface area (Å²) >= 11 is 1.63. The highest BCUT2D eigenvalue weighted by atomic mass is 32.1. The number of nitrogens with zero attached hydrogens (tertiary/aromatic N) is 1. The third-order valence-corrected chi connectivity index (χ3v) is 3.04. The van der Waals surface area contributed by atoms with E-state index in [1.165, 1.54) is 24.3 Å². The van der Waals surface area contributed by atoms with E-state index in [9.17, 15) is 0 Å². The lowest BCUT2D eigenvalue weighted by Crippen LogP contribution is -2.11. The molecule has 0 bridgehead atoms. The van der Waals surface area contributed by atoms with E-state index in [1.807, 2.05) is 0 Å². The Kier molecular flexibility index (Phi) is 1.92. The summed E-state index contributed by atoms with van der Waals surface area (Å²) in [6.07, 6.45) is 2.59. The molecule has 0 aliphatic carbocycles. The number of rotatable bonds is 1. The quantitative estimate of drug-likeness (QED) is 0.692. The lowest BCUT2D eigenvalue weighted by atomic mass is 10.2. The van der Waals surface area contributed by atoms with Gasteiger partial charge in [-0.1, -0.05) is 0 Å². The van der Waals surface area contributed by atoms with Crippen molar-refractivity contribution in [1.29, 1.82) is 0 Å². The van der Waals surface area contributed by atoms with E-state index in [4.69, 9.17) is 0 Å². The molecule has 1 aromatic heterocycles. The Morgan fingerprint density at radius 2 is 2.64 bits per heavy atom. The second-order valence-corrected chi connectivity index (χ2v) is 3.86. The van der Waals surface area contributed by atoms with Crippen molar-refractivity contribution in [3.05, 3.63) is 16.6 Å². The van der Waals surface area contributed by atoms with Crippen molar-refractivity contribution < 1.29 is 0 Å². The first-order valence-corrected chi connectivity index (χ1v) is 4.80. The standard InChI is InChI=1S/C8H12N2S/c1-6-5-8(11-10-6)7-3-2-4-9-7/h5,7,9H,2-4H2,1H3/t7-/m1/s1. The zero-order valence-corrected chi connectivity index (χ0v) is 7.45. The molecule has 0 aromatic carbocycles. The number of hydrogen-bond acceptors (Lipinski definition) is 3. The summed E-state index contributed by atoms with van der Waals surface area (Å²) in [6.45, 7) is 3.22.